The summed E-state index contributed by atoms with van der Waals surface area (Å²) in [5, 5.41) is 10.3. The number of aromatic nitrogens is 1. The number of aliphatic carboxylic acids is 1. The molecular weight excluding hydrogens is 354 g/mol. The molecule has 0 saturated heterocycles. The molecule has 0 bridgehead atoms. The number of ether oxygens (including phenoxy) is 1. The van der Waals surface area contributed by atoms with Gasteiger partial charge in [-0.2, -0.15) is 0 Å². The molecule has 0 aliphatic carbocycles. The van der Waals surface area contributed by atoms with Crippen molar-refractivity contribution in [3.63, 3.8) is 0 Å². The number of carboxylic acids is 1. The third-order valence-corrected chi connectivity index (χ3v) is 4.85. The van der Waals surface area contributed by atoms with Gasteiger partial charge in [-0.3, -0.25) is 4.79 Å². The standard InChI is InChI=1S/C23H21NO4/c1-15(23(25)26)10-16-2-5-22(28-14-17-7-9-27-13-17)20(11-16)18-3-4-21-19(12-18)6-8-24-21/h2-9,11-13,15,24H,10,14H2,1H3,(H,25,26). The van der Waals surface area contributed by atoms with Gasteiger partial charge in [0.2, 0.25) is 0 Å². The average Bonchev–Trinajstić information content (AvgIpc) is 3.37. The summed E-state index contributed by atoms with van der Waals surface area (Å²) in [5.74, 6) is -0.490. The molecule has 2 aromatic carbocycles. The van der Waals surface area contributed by atoms with Crippen molar-refractivity contribution in [3.05, 3.63) is 78.4 Å². The molecule has 1 atom stereocenters. The van der Waals surface area contributed by atoms with Gasteiger partial charge in [0.25, 0.3) is 0 Å². The van der Waals surface area contributed by atoms with E-state index in [-0.39, 0.29) is 0 Å². The molecule has 1 unspecified atom stereocenters. The van der Waals surface area contributed by atoms with E-state index in [1.54, 1.807) is 19.5 Å². The molecule has 28 heavy (non-hydrogen) atoms. The van der Waals surface area contributed by atoms with Crippen LogP contribution in [-0.2, 0) is 17.8 Å². The largest absolute Gasteiger partial charge is 0.488 e. The molecule has 2 N–H and O–H groups in total. The van der Waals surface area contributed by atoms with Gasteiger partial charge in [-0.1, -0.05) is 19.1 Å². The first-order valence-corrected chi connectivity index (χ1v) is 9.17. The van der Waals surface area contributed by atoms with Gasteiger partial charge in [0.15, 0.2) is 0 Å². The summed E-state index contributed by atoms with van der Waals surface area (Å²) in [6.45, 7) is 2.12. The van der Waals surface area contributed by atoms with Crippen LogP contribution in [0, 0.1) is 5.92 Å². The average molecular weight is 375 g/mol. The Kier molecular flexibility index (Phi) is 4.89. The number of fused-ring (bicyclic) bond motifs is 1. The summed E-state index contributed by atoms with van der Waals surface area (Å²) in [7, 11) is 0. The molecule has 142 valence electrons. The van der Waals surface area contributed by atoms with Gasteiger partial charge < -0.3 is 19.2 Å². The van der Waals surface area contributed by atoms with Gasteiger partial charge in [0.05, 0.1) is 18.4 Å². The zero-order chi connectivity index (χ0) is 19.5. The first-order chi connectivity index (χ1) is 13.6. The number of hydrogen-bond acceptors (Lipinski definition) is 3. The lowest BCUT2D eigenvalue weighted by Crippen LogP contribution is -2.12. The van der Waals surface area contributed by atoms with Crippen LogP contribution in [0.4, 0.5) is 0 Å². The Labute approximate surface area is 162 Å². The zero-order valence-corrected chi connectivity index (χ0v) is 15.5. The van der Waals surface area contributed by atoms with Crippen molar-refractivity contribution in [1.29, 1.82) is 0 Å². The molecule has 5 heteroatoms. The number of rotatable bonds is 7. The molecule has 2 aromatic heterocycles. The molecular formula is C23H21NO4. The summed E-state index contributed by atoms with van der Waals surface area (Å²) in [4.78, 5) is 14.4. The minimum Gasteiger partial charge on any atom is -0.488 e. The Bertz CT molecular complexity index is 1090. The molecule has 0 amide bonds. The van der Waals surface area contributed by atoms with Crippen LogP contribution in [0.5, 0.6) is 5.75 Å². The quantitative estimate of drug-likeness (QED) is 0.461. The maximum absolute atomic E-state index is 11.2. The topological polar surface area (TPSA) is 75.5 Å². The highest BCUT2D eigenvalue weighted by molar-refractivity contribution is 5.86. The summed E-state index contributed by atoms with van der Waals surface area (Å²) in [5.41, 5.74) is 4.96. The molecule has 4 aromatic rings. The summed E-state index contributed by atoms with van der Waals surface area (Å²) in [6.07, 6.45) is 5.66. The summed E-state index contributed by atoms with van der Waals surface area (Å²) in [6, 6.07) is 16.0. The van der Waals surface area contributed by atoms with Crippen LogP contribution in [0.25, 0.3) is 22.0 Å². The third kappa shape index (κ3) is 3.78. The predicted molar refractivity (Wildman–Crippen MR) is 107 cm³/mol. The number of furan rings is 1. The molecule has 0 spiro atoms. The second kappa shape index (κ2) is 7.64. The smallest absolute Gasteiger partial charge is 0.306 e. The number of H-pyrrole nitrogens is 1. The second-order valence-corrected chi connectivity index (χ2v) is 6.97. The molecule has 0 radical (unpaired) electrons. The Hall–Kier alpha value is -3.47. The van der Waals surface area contributed by atoms with E-state index in [4.69, 9.17) is 9.15 Å². The molecule has 0 saturated carbocycles. The fourth-order valence-electron chi connectivity index (χ4n) is 3.25. The Morgan fingerprint density at radius 3 is 2.82 bits per heavy atom. The van der Waals surface area contributed by atoms with Gasteiger partial charge in [-0.15, -0.1) is 0 Å². The number of benzene rings is 2. The zero-order valence-electron chi connectivity index (χ0n) is 15.5. The van der Waals surface area contributed by atoms with E-state index in [2.05, 4.69) is 11.1 Å². The Balaban J connectivity index is 1.70. The highest BCUT2D eigenvalue weighted by atomic mass is 16.5. The van der Waals surface area contributed by atoms with E-state index < -0.39 is 11.9 Å². The molecule has 0 aliphatic rings. The summed E-state index contributed by atoms with van der Waals surface area (Å²) >= 11 is 0. The van der Waals surface area contributed by atoms with E-state index in [0.717, 1.165) is 38.9 Å². The minimum atomic E-state index is -0.796. The minimum absolute atomic E-state index is 0.404. The van der Waals surface area contributed by atoms with Crippen LogP contribution in [0.2, 0.25) is 0 Å². The summed E-state index contributed by atoms with van der Waals surface area (Å²) < 4.78 is 11.2. The van der Waals surface area contributed by atoms with Crippen molar-refractivity contribution in [2.24, 2.45) is 5.92 Å². The first kappa shape index (κ1) is 17.9. The van der Waals surface area contributed by atoms with Crippen molar-refractivity contribution in [2.75, 3.05) is 0 Å². The van der Waals surface area contributed by atoms with Crippen molar-refractivity contribution >= 4 is 16.9 Å². The molecule has 4 rings (SSSR count). The lowest BCUT2D eigenvalue weighted by atomic mass is 9.96. The highest BCUT2D eigenvalue weighted by Gasteiger charge is 2.15. The lowest BCUT2D eigenvalue weighted by molar-refractivity contribution is -0.141. The van der Waals surface area contributed by atoms with Gasteiger partial charge in [0, 0.05) is 22.8 Å². The maximum atomic E-state index is 11.2. The third-order valence-electron chi connectivity index (χ3n) is 4.85. The number of carbonyl (C=O) groups is 1. The van der Waals surface area contributed by atoms with E-state index in [1.165, 1.54) is 0 Å². The van der Waals surface area contributed by atoms with Crippen molar-refractivity contribution in [2.45, 2.75) is 20.0 Å². The fraction of sp³-hybridized carbons (Fsp3) is 0.174. The van der Waals surface area contributed by atoms with Gasteiger partial charge in [-0.25, -0.2) is 0 Å². The van der Waals surface area contributed by atoms with Gasteiger partial charge in [-0.05, 0) is 59.3 Å². The Morgan fingerprint density at radius 2 is 2.04 bits per heavy atom. The van der Waals surface area contributed by atoms with Crippen molar-refractivity contribution < 1.29 is 19.1 Å². The van der Waals surface area contributed by atoms with Crippen LogP contribution in [0.1, 0.15) is 18.1 Å². The van der Waals surface area contributed by atoms with Crippen LogP contribution in [0.3, 0.4) is 0 Å². The first-order valence-electron chi connectivity index (χ1n) is 9.17. The van der Waals surface area contributed by atoms with Crippen LogP contribution < -0.4 is 4.74 Å². The molecule has 5 nitrogen and oxygen atoms in total. The Morgan fingerprint density at radius 1 is 1.14 bits per heavy atom. The molecule has 2 heterocycles. The van der Waals surface area contributed by atoms with Crippen molar-refractivity contribution in [1.82, 2.24) is 4.98 Å². The van der Waals surface area contributed by atoms with E-state index in [0.29, 0.717) is 13.0 Å². The number of nitrogens with one attached hydrogen (secondary N) is 1. The number of aromatic amines is 1. The van der Waals surface area contributed by atoms with E-state index in [9.17, 15) is 9.90 Å². The number of hydrogen-bond donors (Lipinski definition) is 2. The van der Waals surface area contributed by atoms with E-state index in [1.807, 2.05) is 48.7 Å². The number of carboxylic acid groups (broad SMARTS) is 1. The fourth-order valence-corrected chi connectivity index (χ4v) is 3.25. The van der Waals surface area contributed by atoms with Crippen LogP contribution in [-0.4, -0.2) is 16.1 Å². The monoisotopic (exact) mass is 375 g/mol. The van der Waals surface area contributed by atoms with E-state index >= 15 is 0 Å². The van der Waals surface area contributed by atoms with Crippen molar-refractivity contribution in [3.8, 4) is 16.9 Å². The van der Waals surface area contributed by atoms with Crippen LogP contribution >= 0.6 is 0 Å². The van der Waals surface area contributed by atoms with Gasteiger partial charge in [0.1, 0.15) is 12.4 Å². The second-order valence-electron chi connectivity index (χ2n) is 6.97. The normalized spacial score (nSPS) is 12.2. The predicted octanol–water partition coefficient (Wildman–Crippen LogP) is 5.27. The van der Waals surface area contributed by atoms with Gasteiger partial charge >= 0.3 is 5.97 Å². The lowest BCUT2D eigenvalue weighted by Gasteiger charge is -2.14. The molecule has 0 fully saturated rings. The maximum Gasteiger partial charge on any atom is 0.306 e. The van der Waals surface area contributed by atoms with Crippen LogP contribution in [0.15, 0.2) is 71.7 Å². The highest BCUT2D eigenvalue weighted by Crippen LogP contribution is 2.34. The molecule has 0 aliphatic heterocycles. The SMILES string of the molecule is CC(Cc1ccc(OCc2ccoc2)c(-c2ccc3[nH]ccc3c2)c1)C(=O)O.